The normalized spacial score (nSPS) is 17.1. The number of nitrogens with zero attached hydrogens (tertiary/aromatic N) is 2. The van der Waals surface area contributed by atoms with Gasteiger partial charge in [0.2, 0.25) is 0 Å². The van der Waals surface area contributed by atoms with Crippen LogP contribution in [0, 0.1) is 5.41 Å². The molecule has 0 amide bonds. The Morgan fingerprint density at radius 1 is 1.44 bits per heavy atom. The van der Waals surface area contributed by atoms with Gasteiger partial charge in [-0.1, -0.05) is 6.92 Å². The van der Waals surface area contributed by atoms with E-state index < -0.39 is 0 Å². The van der Waals surface area contributed by atoms with Gasteiger partial charge in [0, 0.05) is 24.9 Å². The first kappa shape index (κ1) is 11.3. The molecule has 1 saturated carbocycles. The standard InChI is InChI=1S/C12H19N3O/c1-2-10-7-11(15-9-14-10)13-8-12(3-4-12)5-6-16/h7,9,16H,2-6,8H2,1H3,(H,13,14,15). The summed E-state index contributed by atoms with van der Waals surface area (Å²) in [5, 5.41) is 12.3. The maximum atomic E-state index is 8.97. The molecule has 1 heterocycles. The summed E-state index contributed by atoms with van der Waals surface area (Å²) in [6.45, 7) is 3.28. The van der Waals surface area contributed by atoms with Gasteiger partial charge in [0.15, 0.2) is 0 Å². The fraction of sp³-hybridized carbons (Fsp3) is 0.667. The van der Waals surface area contributed by atoms with Crippen molar-refractivity contribution in [2.24, 2.45) is 5.41 Å². The molecule has 0 bridgehead atoms. The van der Waals surface area contributed by atoms with Crippen molar-refractivity contribution in [2.45, 2.75) is 32.6 Å². The molecule has 0 aromatic carbocycles. The first-order valence-electron chi connectivity index (χ1n) is 5.94. The van der Waals surface area contributed by atoms with Gasteiger partial charge in [-0.2, -0.15) is 0 Å². The lowest BCUT2D eigenvalue weighted by Gasteiger charge is -2.14. The topological polar surface area (TPSA) is 58.0 Å². The highest BCUT2D eigenvalue weighted by atomic mass is 16.3. The van der Waals surface area contributed by atoms with E-state index in [9.17, 15) is 0 Å². The van der Waals surface area contributed by atoms with Crippen molar-refractivity contribution >= 4 is 5.82 Å². The fourth-order valence-corrected chi connectivity index (χ4v) is 1.89. The van der Waals surface area contributed by atoms with Crippen LogP contribution in [0.5, 0.6) is 0 Å². The molecule has 1 aromatic heterocycles. The van der Waals surface area contributed by atoms with E-state index in [4.69, 9.17) is 5.11 Å². The Hall–Kier alpha value is -1.16. The minimum absolute atomic E-state index is 0.283. The monoisotopic (exact) mass is 221 g/mol. The molecule has 1 aromatic rings. The Balaban J connectivity index is 1.89. The summed E-state index contributed by atoms with van der Waals surface area (Å²) in [4.78, 5) is 8.36. The molecule has 1 aliphatic rings. The number of nitrogens with one attached hydrogen (secondary N) is 1. The molecular formula is C12H19N3O. The number of aromatic nitrogens is 2. The van der Waals surface area contributed by atoms with Crippen molar-refractivity contribution in [3.8, 4) is 0 Å². The fourth-order valence-electron chi connectivity index (χ4n) is 1.89. The van der Waals surface area contributed by atoms with Crippen LogP contribution in [0.1, 0.15) is 31.9 Å². The van der Waals surface area contributed by atoms with Crippen molar-refractivity contribution in [3.63, 3.8) is 0 Å². The van der Waals surface area contributed by atoms with E-state index in [0.717, 1.165) is 30.9 Å². The zero-order chi connectivity index (χ0) is 11.4. The molecule has 2 rings (SSSR count). The predicted molar refractivity (Wildman–Crippen MR) is 63.3 cm³/mol. The van der Waals surface area contributed by atoms with Gasteiger partial charge in [-0.3, -0.25) is 0 Å². The van der Waals surface area contributed by atoms with Gasteiger partial charge in [-0.25, -0.2) is 9.97 Å². The summed E-state index contributed by atoms with van der Waals surface area (Å²) in [5.41, 5.74) is 1.39. The molecular weight excluding hydrogens is 202 g/mol. The maximum absolute atomic E-state index is 8.97. The molecule has 0 saturated heterocycles. The van der Waals surface area contributed by atoms with E-state index in [1.807, 2.05) is 6.07 Å². The average Bonchev–Trinajstić information content (AvgIpc) is 3.08. The number of aliphatic hydroxyl groups is 1. The number of rotatable bonds is 6. The summed E-state index contributed by atoms with van der Waals surface area (Å²) in [5.74, 6) is 0.899. The van der Waals surface area contributed by atoms with E-state index >= 15 is 0 Å². The molecule has 0 spiro atoms. The van der Waals surface area contributed by atoms with Crippen LogP contribution in [0.3, 0.4) is 0 Å². The quantitative estimate of drug-likeness (QED) is 0.766. The van der Waals surface area contributed by atoms with E-state index in [-0.39, 0.29) is 6.61 Å². The molecule has 4 heteroatoms. The zero-order valence-corrected chi connectivity index (χ0v) is 9.74. The minimum Gasteiger partial charge on any atom is -0.396 e. The van der Waals surface area contributed by atoms with E-state index in [1.165, 1.54) is 12.8 Å². The van der Waals surface area contributed by atoms with Gasteiger partial charge < -0.3 is 10.4 Å². The first-order chi connectivity index (χ1) is 7.78. The van der Waals surface area contributed by atoms with Crippen LogP contribution in [0.25, 0.3) is 0 Å². The largest absolute Gasteiger partial charge is 0.396 e. The summed E-state index contributed by atoms with van der Waals surface area (Å²) >= 11 is 0. The van der Waals surface area contributed by atoms with Crippen molar-refractivity contribution in [2.75, 3.05) is 18.5 Å². The van der Waals surface area contributed by atoms with E-state index in [0.29, 0.717) is 5.41 Å². The molecule has 1 aliphatic carbocycles. The molecule has 4 nitrogen and oxygen atoms in total. The van der Waals surface area contributed by atoms with E-state index in [2.05, 4.69) is 22.2 Å². The Bertz CT molecular complexity index is 350. The Morgan fingerprint density at radius 3 is 2.88 bits per heavy atom. The molecule has 0 atom stereocenters. The number of hydrogen-bond acceptors (Lipinski definition) is 4. The molecule has 0 unspecified atom stereocenters. The third kappa shape index (κ3) is 2.70. The average molecular weight is 221 g/mol. The first-order valence-corrected chi connectivity index (χ1v) is 5.94. The van der Waals surface area contributed by atoms with Crippen molar-refractivity contribution in [3.05, 3.63) is 18.1 Å². The molecule has 1 fully saturated rings. The second kappa shape index (κ2) is 4.78. The lowest BCUT2D eigenvalue weighted by atomic mass is 10.0. The van der Waals surface area contributed by atoms with Crippen LogP contribution >= 0.6 is 0 Å². The molecule has 0 radical (unpaired) electrons. The van der Waals surface area contributed by atoms with Crippen LogP contribution in [0.4, 0.5) is 5.82 Å². The smallest absolute Gasteiger partial charge is 0.129 e. The predicted octanol–water partition coefficient (Wildman–Crippen LogP) is 1.61. The van der Waals surface area contributed by atoms with Crippen LogP contribution in [-0.4, -0.2) is 28.2 Å². The van der Waals surface area contributed by atoms with Gasteiger partial charge >= 0.3 is 0 Å². The van der Waals surface area contributed by atoms with Crippen molar-refractivity contribution < 1.29 is 5.11 Å². The van der Waals surface area contributed by atoms with Crippen LogP contribution in [0.2, 0.25) is 0 Å². The van der Waals surface area contributed by atoms with E-state index in [1.54, 1.807) is 6.33 Å². The van der Waals surface area contributed by atoms with Gasteiger partial charge in [0.05, 0.1) is 0 Å². The lowest BCUT2D eigenvalue weighted by Crippen LogP contribution is -2.17. The second-order valence-electron chi connectivity index (χ2n) is 4.58. The van der Waals surface area contributed by atoms with Crippen molar-refractivity contribution in [1.82, 2.24) is 9.97 Å². The molecule has 0 aliphatic heterocycles. The van der Waals surface area contributed by atoms with Gasteiger partial charge in [0.25, 0.3) is 0 Å². The number of aliphatic hydroxyl groups excluding tert-OH is 1. The Kier molecular flexibility index (Phi) is 3.39. The van der Waals surface area contributed by atoms with Gasteiger partial charge in [-0.05, 0) is 31.1 Å². The third-order valence-electron chi connectivity index (χ3n) is 3.33. The van der Waals surface area contributed by atoms with Crippen molar-refractivity contribution in [1.29, 1.82) is 0 Å². The number of anilines is 1. The highest BCUT2D eigenvalue weighted by Crippen LogP contribution is 2.48. The Labute approximate surface area is 96.1 Å². The SMILES string of the molecule is CCc1cc(NCC2(CCO)CC2)ncn1. The van der Waals surface area contributed by atoms with Crippen LogP contribution < -0.4 is 5.32 Å². The summed E-state index contributed by atoms with van der Waals surface area (Å²) < 4.78 is 0. The van der Waals surface area contributed by atoms with Crippen LogP contribution in [-0.2, 0) is 6.42 Å². The number of hydrogen-bond donors (Lipinski definition) is 2. The summed E-state index contributed by atoms with van der Waals surface area (Å²) in [6, 6.07) is 2.00. The Morgan fingerprint density at radius 2 is 2.25 bits per heavy atom. The second-order valence-corrected chi connectivity index (χ2v) is 4.58. The molecule has 16 heavy (non-hydrogen) atoms. The zero-order valence-electron chi connectivity index (χ0n) is 9.74. The highest BCUT2D eigenvalue weighted by Gasteiger charge is 2.41. The highest BCUT2D eigenvalue weighted by molar-refractivity contribution is 5.35. The molecule has 2 N–H and O–H groups in total. The van der Waals surface area contributed by atoms with Gasteiger partial charge in [0.1, 0.15) is 12.1 Å². The van der Waals surface area contributed by atoms with Crippen LogP contribution in [0.15, 0.2) is 12.4 Å². The summed E-state index contributed by atoms with van der Waals surface area (Å²) in [6.07, 6.45) is 5.86. The lowest BCUT2D eigenvalue weighted by molar-refractivity contribution is 0.253. The maximum Gasteiger partial charge on any atom is 0.129 e. The third-order valence-corrected chi connectivity index (χ3v) is 3.33. The molecule has 88 valence electrons. The number of aryl methyl sites for hydroxylation is 1. The summed E-state index contributed by atoms with van der Waals surface area (Å²) in [7, 11) is 0. The minimum atomic E-state index is 0.283. The van der Waals surface area contributed by atoms with Gasteiger partial charge in [-0.15, -0.1) is 0 Å².